The van der Waals surface area contributed by atoms with Crippen molar-refractivity contribution in [1.29, 1.82) is 0 Å². The predicted octanol–water partition coefficient (Wildman–Crippen LogP) is 4.76. The van der Waals surface area contributed by atoms with Crippen LogP contribution in [-0.4, -0.2) is 58.0 Å². The molecule has 9 nitrogen and oxygen atoms in total. The molecule has 1 unspecified atom stereocenters. The molecular weight excluding hydrogens is 561 g/mol. The summed E-state index contributed by atoms with van der Waals surface area (Å²) in [4.78, 5) is 28.2. The highest BCUT2D eigenvalue weighted by atomic mass is 32.2. The zero-order valence-corrected chi connectivity index (χ0v) is 25.2. The van der Waals surface area contributed by atoms with Gasteiger partial charge in [0.25, 0.3) is 10.0 Å². The van der Waals surface area contributed by atoms with Crippen molar-refractivity contribution >= 4 is 27.5 Å². The van der Waals surface area contributed by atoms with Crippen LogP contribution < -0.4 is 19.1 Å². The van der Waals surface area contributed by atoms with Gasteiger partial charge in [-0.1, -0.05) is 25.5 Å². The Balaban J connectivity index is 2.01. The molecule has 1 atom stereocenters. The number of nitrogens with zero attached hydrogens (tertiary/aromatic N) is 2. The molecule has 2 amide bonds. The third-order valence-corrected chi connectivity index (χ3v) is 8.39. The van der Waals surface area contributed by atoms with Gasteiger partial charge in [0.15, 0.2) is 0 Å². The summed E-state index contributed by atoms with van der Waals surface area (Å²) in [7, 11) is -2.79. The molecule has 0 aliphatic carbocycles. The van der Waals surface area contributed by atoms with E-state index in [4.69, 9.17) is 9.47 Å². The number of carbonyl (C=O) groups excluding carboxylic acids is 2. The van der Waals surface area contributed by atoms with E-state index in [1.807, 2.05) is 13.8 Å². The van der Waals surface area contributed by atoms with E-state index in [9.17, 15) is 22.4 Å². The van der Waals surface area contributed by atoms with E-state index < -0.39 is 34.3 Å². The number of nitrogens with one attached hydrogen (secondary N) is 1. The molecule has 0 saturated carbocycles. The molecule has 11 heteroatoms. The molecule has 226 valence electrons. The minimum Gasteiger partial charge on any atom is -0.497 e. The number of hydrogen-bond acceptors (Lipinski definition) is 6. The zero-order chi connectivity index (χ0) is 30.7. The summed E-state index contributed by atoms with van der Waals surface area (Å²) in [5.41, 5.74) is 0.905. The molecule has 0 saturated heterocycles. The van der Waals surface area contributed by atoms with Crippen molar-refractivity contribution in [2.24, 2.45) is 0 Å². The Morgan fingerprint density at radius 3 is 2.29 bits per heavy atom. The molecule has 42 heavy (non-hydrogen) atoms. The number of halogens is 1. The zero-order valence-electron chi connectivity index (χ0n) is 24.4. The second kappa shape index (κ2) is 15.2. The van der Waals surface area contributed by atoms with E-state index in [0.717, 1.165) is 41.4 Å². The predicted molar refractivity (Wildman–Crippen MR) is 159 cm³/mol. The summed E-state index contributed by atoms with van der Waals surface area (Å²) >= 11 is 0. The van der Waals surface area contributed by atoms with E-state index >= 15 is 0 Å². The molecule has 3 aromatic rings. The lowest BCUT2D eigenvalue weighted by atomic mass is 10.1. The van der Waals surface area contributed by atoms with Gasteiger partial charge in [0, 0.05) is 13.1 Å². The molecule has 0 aliphatic heterocycles. The number of amides is 2. The van der Waals surface area contributed by atoms with Crippen LogP contribution in [0.3, 0.4) is 0 Å². The van der Waals surface area contributed by atoms with Crippen LogP contribution in [0.2, 0.25) is 0 Å². The van der Waals surface area contributed by atoms with Crippen LogP contribution >= 0.6 is 0 Å². The Labute approximate surface area is 247 Å². The van der Waals surface area contributed by atoms with Crippen LogP contribution in [-0.2, 0) is 26.2 Å². The lowest BCUT2D eigenvalue weighted by Gasteiger charge is -2.32. The minimum absolute atomic E-state index is 0.0338. The number of sulfonamides is 1. The fourth-order valence-electron chi connectivity index (χ4n) is 4.22. The first-order chi connectivity index (χ1) is 20.1. The first-order valence-corrected chi connectivity index (χ1v) is 15.3. The molecule has 1 N–H and O–H groups in total. The van der Waals surface area contributed by atoms with Gasteiger partial charge in [-0.05, 0) is 86.5 Å². The first kappa shape index (κ1) is 32.4. The molecule has 0 heterocycles. The highest BCUT2D eigenvalue weighted by molar-refractivity contribution is 7.92. The van der Waals surface area contributed by atoms with Crippen molar-refractivity contribution in [1.82, 2.24) is 10.2 Å². The topological polar surface area (TPSA) is 105 Å². The van der Waals surface area contributed by atoms with Crippen molar-refractivity contribution in [2.45, 2.75) is 51.1 Å². The average Bonchev–Trinajstić information content (AvgIpc) is 2.99. The van der Waals surface area contributed by atoms with Crippen LogP contribution in [0, 0.1) is 5.82 Å². The van der Waals surface area contributed by atoms with E-state index in [1.165, 1.54) is 24.1 Å². The van der Waals surface area contributed by atoms with Gasteiger partial charge in [0.2, 0.25) is 11.8 Å². The fraction of sp³-hybridized carbons (Fsp3) is 0.355. The van der Waals surface area contributed by atoms with Crippen molar-refractivity contribution < 1.29 is 31.9 Å². The number of anilines is 1. The smallest absolute Gasteiger partial charge is 0.264 e. The minimum atomic E-state index is -4.31. The molecule has 3 rings (SSSR count). The van der Waals surface area contributed by atoms with Crippen LogP contribution in [0.25, 0.3) is 0 Å². The number of ether oxygens (including phenoxy) is 2. The molecule has 3 aromatic carbocycles. The van der Waals surface area contributed by atoms with Gasteiger partial charge in [-0.3, -0.25) is 13.9 Å². The molecule has 0 fully saturated rings. The standard InChI is InChI=1S/C31H38FN3O6S/c1-5-7-19-33-31(37)23(3)34(21-24-9-8-10-28(20-24)40-4)30(36)22-35(26-13-15-27(16-14-26)41-6-2)42(38,39)29-17-11-25(32)12-18-29/h8-18,20,23H,5-7,19,21-22H2,1-4H3,(H,33,37). The maximum absolute atomic E-state index is 14.0. The number of rotatable bonds is 15. The third kappa shape index (κ3) is 8.45. The Hall–Kier alpha value is -4.12. The van der Waals surface area contributed by atoms with Crippen molar-refractivity contribution in [3.8, 4) is 11.5 Å². The van der Waals surface area contributed by atoms with Crippen molar-refractivity contribution in [3.63, 3.8) is 0 Å². The highest BCUT2D eigenvalue weighted by Gasteiger charge is 2.32. The Morgan fingerprint density at radius 2 is 1.67 bits per heavy atom. The summed E-state index contributed by atoms with van der Waals surface area (Å²) in [6, 6.07) is 16.8. The van der Waals surface area contributed by atoms with Crippen LogP contribution in [0.4, 0.5) is 10.1 Å². The molecule has 0 radical (unpaired) electrons. The number of hydrogen-bond donors (Lipinski definition) is 1. The van der Waals surface area contributed by atoms with Gasteiger partial charge in [-0.2, -0.15) is 0 Å². The normalized spacial score (nSPS) is 11.8. The van der Waals surface area contributed by atoms with E-state index in [2.05, 4.69) is 5.32 Å². The van der Waals surface area contributed by atoms with Crippen molar-refractivity contribution in [2.75, 3.05) is 31.1 Å². The highest BCUT2D eigenvalue weighted by Crippen LogP contribution is 2.27. The van der Waals surface area contributed by atoms with Crippen LogP contribution in [0.15, 0.2) is 77.7 Å². The molecule has 0 aromatic heterocycles. The molecular formula is C31H38FN3O6S. The summed E-state index contributed by atoms with van der Waals surface area (Å²) in [5.74, 6) is -0.437. The molecule has 0 spiro atoms. The lowest BCUT2D eigenvalue weighted by Crippen LogP contribution is -2.51. The van der Waals surface area contributed by atoms with E-state index in [0.29, 0.717) is 30.2 Å². The molecule has 0 bridgehead atoms. The van der Waals surface area contributed by atoms with E-state index in [-0.39, 0.29) is 23.0 Å². The number of benzene rings is 3. The quantitative estimate of drug-likeness (QED) is 0.253. The monoisotopic (exact) mass is 599 g/mol. The van der Waals surface area contributed by atoms with Gasteiger partial charge in [-0.15, -0.1) is 0 Å². The van der Waals surface area contributed by atoms with Gasteiger partial charge in [0.05, 0.1) is 24.3 Å². The number of carbonyl (C=O) groups is 2. The van der Waals surface area contributed by atoms with Crippen LogP contribution in [0.1, 0.15) is 39.2 Å². The largest absolute Gasteiger partial charge is 0.497 e. The number of unbranched alkanes of at least 4 members (excludes halogenated alkanes) is 1. The van der Waals surface area contributed by atoms with Crippen molar-refractivity contribution in [3.05, 3.63) is 84.2 Å². The SMILES string of the molecule is CCCCNC(=O)C(C)N(Cc1cccc(OC)c1)C(=O)CN(c1ccc(OCC)cc1)S(=O)(=O)c1ccc(F)cc1. The summed E-state index contributed by atoms with van der Waals surface area (Å²) in [5, 5.41) is 2.85. The summed E-state index contributed by atoms with van der Waals surface area (Å²) < 4.78 is 53.1. The average molecular weight is 600 g/mol. The second-order valence-electron chi connectivity index (χ2n) is 9.59. The lowest BCUT2D eigenvalue weighted by molar-refractivity contribution is -0.139. The Kier molecular flexibility index (Phi) is 11.7. The third-order valence-electron chi connectivity index (χ3n) is 6.60. The van der Waals surface area contributed by atoms with Gasteiger partial charge in [0.1, 0.15) is 29.9 Å². The van der Waals surface area contributed by atoms with E-state index in [1.54, 1.807) is 43.3 Å². The van der Waals surface area contributed by atoms with Crippen LogP contribution in [0.5, 0.6) is 11.5 Å². The first-order valence-electron chi connectivity index (χ1n) is 13.8. The Bertz CT molecular complexity index is 1430. The fourth-order valence-corrected chi connectivity index (χ4v) is 5.64. The summed E-state index contributed by atoms with van der Waals surface area (Å²) in [6.07, 6.45) is 1.67. The molecule has 0 aliphatic rings. The van der Waals surface area contributed by atoms with Gasteiger partial charge < -0.3 is 19.7 Å². The van der Waals surface area contributed by atoms with Gasteiger partial charge >= 0.3 is 0 Å². The second-order valence-corrected chi connectivity index (χ2v) is 11.4. The maximum atomic E-state index is 14.0. The maximum Gasteiger partial charge on any atom is 0.264 e. The Morgan fingerprint density at radius 1 is 0.976 bits per heavy atom. The van der Waals surface area contributed by atoms with Gasteiger partial charge in [-0.25, -0.2) is 12.8 Å². The number of methoxy groups -OCH3 is 1. The summed E-state index contributed by atoms with van der Waals surface area (Å²) in [6.45, 7) is 5.75.